The van der Waals surface area contributed by atoms with Gasteiger partial charge in [0.15, 0.2) is 0 Å². The first-order valence-corrected chi connectivity index (χ1v) is 11.5. The smallest absolute Gasteiger partial charge is 0.0701 e. The predicted octanol–water partition coefficient (Wildman–Crippen LogP) is 1.28. The first kappa shape index (κ1) is 29.7. The van der Waals surface area contributed by atoms with Crippen LogP contribution in [0.15, 0.2) is 24.5 Å². The number of hydrogen-bond donors (Lipinski definition) is 0. The van der Waals surface area contributed by atoms with E-state index in [1.54, 1.807) is 26.6 Å². The molecular formula is C23H42N2O8. The molecule has 0 fully saturated rings. The van der Waals surface area contributed by atoms with Gasteiger partial charge in [0.25, 0.3) is 0 Å². The van der Waals surface area contributed by atoms with Gasteiger partial charge in [0.1, 0.15) is 0 Å². The second-order valence-corrected chi connectivity index (χ2v) is 6.85. The van der Waals surface area contributed by atoms with Crippen molar-refractivity contribution in [1.29, 1.82) is 0 Å². The molecule has 0 atom stereocenters. The fraction of sp³-hybridized carbons (Fsp3) is 0.783. The Morgan fingerprint density at radius 3 is 1.21 bits per heavy atom. The number of anilines is 1. The Kier molecular flexibility index (Phi) is 21.4. The highest BCUT2D eigenvalue weighted by atomic mass is 16.6. The molecule has 0 saturated carbocycles. The maximum Gasteiger partial charge on any atom is 0.0701 e. The molecule has 10 heteroatoms. The highest BCUT2D eigenvalue weighted by Crippen LogP contribution is 2.11. The van der Waals surface area contributed by atoms with E-state index in [4.69, 9.17) is 37.9 Å². The Morgan fingerprint density at radius 2 is 0.848 bits per heavy atom. The van der Waals surface area contributed by atoms with Crippen molar-refractivity contribution in [2.24, 2.45) is 0 Å². The fourth-order valence-electron chi connectivity index (χ4n) is 2.64. The van der Waals surface area contributed by atoms with Gasteiger partial charge in [0.2, 0.25) is 0 Å². The van der Waals surface area contributed by atoms with Crippen molar-refractivity contribution in [1.82, 2.24) is 4.98 Å². The van der Waals surface area contributed by atoms with Crippen molar-refractivity contribution >= 4 is 5.69 Å². The Morgan fingerprint density at radius 1 is 0.515 bits per heavy atom. The highest BCUT2D eigenvalue weighted by molar-refractivity contribution is 5.44. The maximum absolute atomic E-state index is 5.71. The lowest BCUT2D eigenvalue weighted by molar-refractivity contribution is 0.00301. The number of rotatable bonds is 25. The molecule has 0 bridgehead atoms. The van der Waals surface area contributed by atoms with Crippen LogP contribution >= 0.6 is 0 Å². The fourth-order valence-corrected chi connectivity index (χ4v) is 2.64. The molecule has 192 valence electrons. The third kappa shape index (κ3) is 18.7. The molecule has 0 aliphatic heterocycles. The van der Waals surface area contributed by atoms with Gasteiger partial charge in [-0.1, -0.05) is 0 Å². The SMILES string of the molecule is COCCOCCOCCOCCN(CCOCCOCCOCCOC)c1ccncc1. The summed E-state index contributed by atoms with van der Waals surface area (Å²) in [5, 5.41) is 0. The van der Waals surface area contributed by atoms with Crippen molar-refractivity contribution in [2.45, 2.75) is 0 Å². The molecule has 0 spiro atoms. The van der Waals surface area contributed by atoms with Crippen molar-refractivity contribution in [2.75, 3.05) is 125 Å². The van der Waals surface area contributed by atoms with Gasteiger partial charge in [-0.05, 0) is 12.1 Å². The lowest BCUT2D eigenvalue weighted by atomic mass is 10.3. The van der Waals surface area contributed by atoms with Crippen molar-refractivity contribution in [3.63, 3.8) is 0 Å². The van der Waals surface area contributed by atoms with Gasteiger partial charge in [-0.3, -0.25) is 4.98 Å². The zero-order valence-electron chi connectivity index (χ0n) is 20.3. The van der Waals surface area contributed by atoms with Gasteiger partial charge in [0.05, 0.1) is 92.5 Å². The van der Waals surface area contributed by atoms with Crippen LogP contribution in [0.3, 0.4) is 0 Å². The van der Waals surface area contributed by atoms with Crippen LogP contribution in [-0.2, 0) is 37.9 Å². The summed E-state index contributed by atoms with van der Waals surface area (Å²) in [6.45, 7) is 9.49. The van der Waals surface area contributed by atoms with Crippen LogP contribution in [0.1, 0.15) is 0 Å². The molecule has 0 aliphatic rings. The van der Waals surface area contributed by atoms with Crippen LogP contribution in [0.25, 0.3) is 0 Å². The van der Waals surface area contributed by atoms with Gasteiger partial charge < -0.3 is 42.8 Å². The van der Waals surface area contributed by atoms with E-state index in [0.29, 0.717) is 92.5 Å². The third-order valence-electron chi connectivity index (χ3n) is 4.39. The molecule has 0 aliphatic carbocycles. The first-order valence-electron chi connectivity index (χ1n) is 11.5. The summed E-state index contributed by atoms with van der Waals surface area (Å²) < 4.78 is 42.9. The summed E-state index contributed by atoms with van der Waals surface area (Å²) >= 11 is 0. The normalized spacial score (nSPS) is 11.2. The first-order chi connectivity index (χ1) is 16.4. The lowest BCUT2D eigenvalue weighted by Crippen LogP contribution is -2.31. The highest BCUT2D eigenvalue weighted by Gasteiger charge is 2.06. The van der Waals surface area contributed by atoms with E-state index in [2.05, 4.69) is 9.88 Å². The minimum absolute atomic E-state index is 0.545. The number of pyridine rings is 1. The summed E-state index contributed by atoms with van der Waals surface area (Å²) in [4.78, 5) is 6.31. The topological polar surface area (TPSA) is 90.0 Å². The van der Waals surface area contributed by atoms with Gasteiger partial charge in [-0.25, -0.2) is 0 Å². The summed E-state index contributed by atoms with van der Waals surface area (Å²) in [6.07, 6.45) is 3.57. The molecule has 0 radical (unpaired) electrons. The molecule has 0 unspecified atom stereocenters. The molecule has 0 saturated heterocycles. The standard InChI is InChI=1S/C23H42N2O8/c1-26-11-13-30-19-21-32-17-15-28-9-7-25(23-3-5-24-6-4-23)8-10-29-16-18-33-22-20-31-14-12-27-2/h3-6H,7-22H2,1-2H3. The van der Waals surface area contributed by atoms with E-state index >= 15 is 0 Å². The lowest BCUT2D eigenvalue weighted by Gasteiger charge is -2.24. The molecule has 1 aromatic heterocycles. The van der Waals surface area contributed by atoms with Crippen molar-refractivity contribution in [3.8, 4) is 0 Å². The predicted molar refractivity (Wildman–Crippen MR) is 125 cm³/mol. The molecule has 33 heavy (non-hydrogen) atoms. The number of aromatic nitrogens is 1. The largest absolute Gasteiger partial charge is 0.382 e. The number of nitrogens with zero attached hydrogens (tertiary/aromatic N) is 2. The average molecular weight is 475 g/mol. The maximum atomic E-state index is 5.71. The molecule has 0 amide bonds. The second kappa shape index (κ2) is 23.8. The minimum Gasteiger partial charge on any atom is -0.382 e. The quantitative estimate of drug-likeness (QED) is 0.193. The van der Waals surface area contributed by atoms with Crippen molar-refractivity contribution in [3.05, 3.63) is 24.5 Å². The van der Waals surface area contributed by atoms with Crippen LogP contribution < -0.4 is 4.90 Å². The van der Waals surface area contributed by atoms with E-state index < -0.39 is 0 Å². The molecular weight excluding hydrogens is 432 g/mol. The van der Waals surface area contributed by atoms with Crippen LogP contribution in [-0.4, -0.2) is 125 Å². The molecule has 0 aromatic carbocycles. The number of ether oxygens (including phenoxy) is 8. The molecule has 1 aromatic rings. The van der Waals surface area contributed by atoms with Crippen LogP contribution in [0.2, 0.25) is 0 Å². The van der Waals surface area contributed by atoms with E-state index in [-0.39, 0.29) is 0 Å². The van der Waals surface area contributed by atoms with Crippen LogP contribution in [0.4, 0.5) is 5.69 Å². The summed E-state index contributed by atoms with van der Waals surface area (Å²) in [5.74, 6) is 0. The molecule has 1 heterocycles. The zero-order chi connectivity index (χ0) is 23.7. The Labute approximate surface area is 198 Å². The number of methoxy groups -OCH3 is 2. The monoisotopic (exact) mass is 474 g/mol. The number of hydrogen-bond acceptors (Lipinski definition) is 10. The van der Waals surface area contributed by atoms with E-state index in [0.717, 1.165) is 18.8 Å². The minimum atomic E-state index is 0.545. The summed E-state index contributed by atoms with van der Waals surface area (Å²) in [6, 6.07) is 3.97. The van der Waals surface area contributed by atoms with E-state index in [9.17, 15) is 0 Å². The van der Waals surface area contributed by atoms with Gasteiger partial charge in [-0.2, -0.15) is 0 Å². The third-order valence-corrected chi connectivity index (χ3v) is 4.39. The van der Waals surface area contributed by atoms with Crippen LogP contribution in [0, 0.1) is 0 Å². The molecule has 0 N–H and O–H groups in total. The van der Waals surface area contributed by atoms with Gasteiger partial charge in [0, 0.05) is 45.4 Å². The van der Waals surface area contributed by atoms with E-state index in [1.807, 2.05) is 12.1 Å². The summed E-state index contributed by atoms with van der Waals surface area (Å²) in [5.41, 5.74) is 1.09. The molecule has 10 nitrogen and oxygen atoms in total. The summed E-state index contributed by atoms with van der Waals surface area (Å²) in [7, 11) is 3.31. The Balaban J connectivity index is 2.07. The van der Waals surface area contributed by atoms with E-state index in [1.165, 1.54) is 0 Å². The Bertz CT molecular complexity index is 486. The molecule has 1 rings (SSSR count). The second-order valence-electron chi connectivity index (χ2n) is 6.85. The Hall–Kier alpha value is -1.37. The van der Waals surface area contributed by atoms with Gasteiger partial charge in [-0.15, -0.1) is 0 Å². The van der Waals surface area contributed by atoms with Crippen LogP contribution in [0.5, 0.6) is 0 Å². The van der Waals surface area contributed by atoms with Gasteiger partial charge >= 0.3 is 0 Å². The zero-order valence-corrected chi connectivity index (χ0v) is 20.3. The average Bonchev–Trinajstić information content (AvgIpc) is 2.85. The van der Waals surface area contributed by atoms with Crippen molar-refractivity contribution < 1.29 is 37.9 Å².